The second-order valence-corrected chi connectivity index (χ2v) is 6.60. The number of furan rings is 1. The van der Waals surface area contributed by atoms with Crippen LogP contribution in [-0.4, -0.2) is 26.4 Å². The molecule has 0 amide bonds. The minimum Gasteiger partial charge on any atom is -0.468 e. The summed E-state index contributed by atoms with van der Waals surface area (Å²) in [4.78, 5) is 39.3. The van der Waals surface area contributed by atoms with E-state index in [2.05, 4.69) is 0 Å². The molecule has 0 fully saturated rings. The van der Waals surface area contributed by atoms with Gasteiger partial charge in [0, 0.05) is 20.6 Å². The molecule has 0 unspecified atom stereocenters. The Balaban J connectivity index is 1.91. The highest BCUT2D eigenvalue weighted by Crippen LogP contribution is 2.13. The lowest BCUT2D eigenvalue weighted by atomic mass is 10.1. The molecule has 8 nitrogen and oxygen atoms in total. The van der Waals surface area contributed by atoms with Gasteiger partial charge >= 0.3 is 5.69 Å². The van der Waals surface area contributed by atoms with Gasteiger partial charge in [0.15, 0.2) is 5.78 Å². The number of benzene rings is 1. The van der Waals surface area contributed by atoms with E-state index < -0.39 is 17.0 Å². The van der Waals surface area contributed by atoms with Crippen molar-refractivity contribution in [3.8, 4) is 0 Å². The first-order valence-electron chi connectivity index (χ1n) is 8.76. The standard InChI is InChI=1S/C20H22N4O4/c1-22-18(21)17(19(26)23(2)20(22)27)16(25)13-24(12-15-9-6-10-28-15)11-14-7-4-3-5-8-14/h3-10H,11-13,21H2,1-2H3. The van der Waals surface area contributed by atoms with E-state index in [0.717, 1.165) is 14.7 Å². The number of Topliss-reactive ketones (excluding diaryl/α,β-unsaturated/α-hetero) is 1. The minimum atomic E-state index is -0.691. The Kier molecular flexibility index (Phi) is 5.60. The molecule has 3 rings (SSSR count). The number of nitrogens with two attached hydrogens (primary N) is 1. The molecule has 0 atom stereocenters. The Labute approximate surface area is 161 Å². The van der Waals surface area contributed by atoms with Crippen molar-refractivity contribution >= 4 is 11.6 Å². The van der Waals surface area contributed by atoms with Crippen LogP contribution >= 0.6 is 0 Å². The molecule has 0 radical (unpaired) electrons. The Morgan fingerprint density at radius 3 is 2.39 bits per heavy atom. The van der Waals surface area contributed by atoms with E-state index in [4.69, 9.17) is 10.2 Å². The zero-order valence-corrected chi connectivity index (χ0v) is 15.8. The molecule has 2 N–H and O–H groups in total. The second kappa shape index (κ2) is 8.10. The molecular formula is C20H22N4O4. The maximum atomic E-state index is 13.0. The van der Waals surface area contributed by atoms with E-state index in [1.54, 1.807) is 12.3 Å². The lowest BCUT2D eigenvalue weighted by Gasteiger charge is -2.21. The summed E-state index contributed by atoms with van der Waals surface area (Å²) in [5.41, 5.74) is 5.48. The Bertz CT molecular complexity index is 1080. The predicted molar refractivity (Wildman–Crippen MR) is 105 cm³/mol. The molecule has 0 aliphatic carbocycles. The van der Waals surface area contributed by atoms with Gasteiger partial charge in [0.2, 0.25) is 0 Å². The summed E-state index contributed by atoms with van der Waals surface area (Å²) in [6.07, 6.45) is 1.57. The van der Waals surface area contributed by atoms with E-state index in [-0.39, 0.29) is 17.9 Å². The van der Waals surface area contributed by atoms with Gasteiger partial charge in [-0.2, -0.15) is 0 Å². The normalized spacial score (nSPS) is 11.1. The van der Waals surface area contributed by atoms with Gasteiger partial charge < -0.3 is 10.2 Å². The monoisotopic (exact) mass is 382 g/mol. The molecule has 2 heterocycles. The van der Waals surface area contributed by atoms with Gasteiger partial charge in [-0.25, -0.2) is 4.79 Å². The van der Waals surface area contributed by atoms with Crippen LogP contribution in [0.15, 0.2) is 62.7 Å². The molecule has 0 saturated carbocycles. The molecule has 0 bridgehead atoms. The van der Waals surface area contributed by atoms with Crippen LogP contribution in [0.5, 0.6) is 0 Å². The molecular weight excluding hydrogens is 360 g/mol. The summed E-state index contributed by atoms with van der Waals surface area (Å²) in [7, 11) is 2.75. The van der Waals surface area contributed by atoms with Crippen LogP contribution in [0.4, 0.5) is 5.82 Å². The number of rotatable bonds is 7. The molecule has 0 spiro atoms. The first kappa shape index (κ1) is 19.4. The van der Waals surface area contributed by atoms with Crippen LogP contribution in [0.3, 0.4) is 0 Å². The number of anilines is 1. The van der Waals surface area contributed by atoms with Gasteiger partial charge in [-0.05, 0) is 17.7 Å². The van der Waals surface area contributed by atoms with Crippen molar-refractivity contribution < 1.29 is 9.21 Å². The van der Waals surface area contributed by atoms with Gasteiger partial charge in [0.05, 0.1) is 19.4 Å². The predicted octanol–water partition coefficient (Wildman–Crippen LogP) is 1.14. The molecule has 3 aromatic rings. The summed E-state index contributed by atoms with van der Waals surface area (Å²) >= 11 is 0. The lowest BCUT2D eigenvalue weighted by Crippen LogP contribution is -2.43. The van der Waals surface area contributed by atoms with E-state index in [0.29, 0.717) is 18.8 Å². The van der Waals surface area contributed by atoms with Crippen LogP contribution in [0, 0.1) is 0 Å². The molecule has 1 aromatic carbocycles. The lowest BCUT2D eigenvalue weighted by molar-refractivity contribution is 0.0912. The highest BCUT2D eigenvalue weighted by atomic mass is 16.3. The molecule has 0 saturated heterocycles. The summed E-state index contributed by atoms with van der Waals surface area (Å²) in [6, 6.07) is 13.3. The Morgan fingerprint density at radius 1 is 1.04 bits per heavy atom. The number of ketones is 1. The van der Waals surface area contributed by atoms with E-state index in [9.17, 15) is 14.4 Å². The highest BCUT2D eigenvalue weighted by molar-refractivity contribution is 6.01. The van der Waals surface area contributed by atoms with Crippen molar-refractivity contribution in [1.82, 2.24) is 14.0 Å². The fourth-order valence-electron chi connectivity index (χ4n) is 3.04. The van der Waals surface area contributed by atoms with Crippen molar-refractivity contribution in [3.05, 3.63) is 86.5 Å². The Hall–Kier alpha value is -3.39. The SMILES string of the molecule is Cn1c(N)c(C(=O)CN(Cc2ccccc2)Cc2ccco2)c(=O)n(C)c1=O. The number of carbonyl (C=O) groups excluding carboxylic acids is 1. The third kappa shape index (κ3) is 3.96. The maximum Gasteiger partial charge on any atom is 0.332 e. The zero-order valence-electron chi connectivity index (χ0n) is 15.8. The number of hydrogen-bond donors (Lipinski definition) is 1. The number of nitrogens with zero attached hydrogens (tertiary/aromatic N) is 3. The first-order chi connectivity index (χ1) is 13.4. The minimum absolute atomic E-state index is 0.0484. The molecule has 0 aliphatic rings. The van der Waals surface area contributed by atoms with Crippen molar-refractivity contribution in [3.63, 3.8) is 0 Å². The van der Waals surface area contributed by atoms with Gasteiger partial charge in [-0.1, -0.05) is 30.3 Å². The number of aromatic nitrogens is 2. The summed E-state index contributed by atoms with van der Waals surface area (Å²) in [5, 5.41) is 0. The average molecular weight is 382 g/mol. The third-order valence-corrected chi connectivity index (χ3v) is 4.56. The smallest absolute Gasteiger partial charge is 0.332 e. The van der Waals surface area contributed by atoms with Crippen LogP contribution in [-0.2, 0) is 27.2 Å². The van der Waals surface area contributed by atoms with Crippen molar-refractivity contribution in [2.45, 2.75) is 13.1 Å². The van der Waals surface area contributed by atoms with Gasteiger partial charge in [0.1, 0.15) is 17.1 Å². The third-order valence-electron chi connectivity index (χ3n) is 4.56. The molecule has 28 heavy (non-hydrogen) atoms. The summed E-state index contributed by atoms with van der Waals surface area (Å²) in [5.74, 6) is 0.122. The number of nitrogen functional groups attached to an aromatic ring is 1. The molecule has 2 aromatic heterocycles. The quantitative estimate of drug-likeness (QED) is 0.615. The van der Waals surface area contributed by atoms with Crippen molar-refractivity contribution in [2.24, 2.45) is 14.1 Å². The fourth-order valence-corrected chi connectivity index (χ4v) is 3.04. The highest BCUT2D eigenvalue weighted by Gasteiger charge is 2.23. The van der Waals surface area contributed by atoms with Gasteiger partial charge in [-0.15, -0.1) is 0 Å². The Morgan fingerprint density at radius 2 is 1.75 bits per heavy atom. The average Bonchev–Trinajstić information content (AvgIpc) is 3.18. The zero-order chi connectivity index (χ0) is 20.3. The van der Waals surface area contributed by atoms with Gasteiger partial charge in [0.25, 0.3) is 5.56 Å². The number of carbonyl (C=O) groups is 1. The van der Waals surface area contributed by atoms with Crippen LogP contribution in [0.1, 0.15) is 21.7 Å². The molecule has 8 heteroatoms. The van der Waals surface area contributed by atoms with E-state index in [1.807, 2.05) is 41.3 Å². The van der Waals surface area contributed by atoms with Gasteiger partial charge in [-0.3, -0.25) is 23.6 Å². The fraction of sp³-hybridized carbons (Fsp3) is 0.250. The molecule has 0 aliphatic heterocycles. The van der Waals surface area contributed by atoms with E-state index in [1.165, 1.54) is 14.1 Å². The van der Waals surface area contributed by atoms with E-state index >= 15 is 0 Å². The van der Waals surface area contributed by atoms with Crippen LogP contribution in [0.2, 0.25) is 0 Å². The van der Waals surface area contributed by atoms with Crippen molar-refractivity contribution in [2.75, 3.05) is 12.3 Å². The van der Waals surface area contributed by atoms with Crippen LogP contribution in [0.25, 0.3) is 0 Å². The second-order valence-electron chi connectivity index (χ2n) is 6.60. The number of hydrogen-bond acceptors (Lipinski definition) is 6. The topological polar surface area (TPSA) is 103 Å². The molecule has 146 valence electrons. The maximum absolute atomic E-state index is 13.0. The van der Waals surface area contributed by atoms with Crippen LogP contribution < -0.4 is 17.0 Å². The summed E-state index contributed by atoms with van der Waals surface area (Å²) in [6.45, 7) is 0.826. The largest absolute Gasteiger partial charge is 0.468 e. The first-order valence-corrected chi connectivity index (χ1v) is 8.76. The van der Waals surface area contributed by atoms with Crippen molar-refractivity contribution in [1.29, 1.82) is 0 Å². The summed E-state index contributed by atoms with van der Waals surface area (Å²) < 4.78 is 7.39.